The summed E-state index contributed by atoms with van der Waals surface area (Å²) in [5.41, 5.74) is 6.00. The first-order valence-corrected chi connectivity index (χ1v) is 7.81. The second kappa shape index (κ2) is 6.71. The fourth-order valence-electron chi connectivity index (χ4n) is 3.49. The third-order valence-corrected chi connectivity index (χ3v) is 5.05. The van der Waals surface area contributed by atoms with E-state index in [1.807, 2.05) is 4.90 Å². The van der Waals surface area contributed by atoms with Gasteiger partial charge in [-0.3, -0.25) is 4.79 Å². The van der Waals surface area contributed by atoms with Crippen LogP contribution >= 0.6 is 0 Å². The highest BCUT2D eigenvalue weighted by atomic mass is 16.3. The summed E-state index contributed by atoms with van der Waals surface area (Å²) in [6.45, 7) is 1.18. The number of aliphatic hydroxyl groups excluding tert-OH is 1. The number of rotatable bonds is 6. The fourth-order valence-corrected chi connectivity index (χ4v) is 3.49. The molecule has 0 aromatic rings. The van der Waals surface area contributed by atoms with Crippen LogP contribution in [0.15, 0.2) is 0 Å². The maximum atomic E-state index is 12.6. The third-order valence-electron chi connectivity index (χ3n) is 5.05. The molecule has 0 bridgehead atoms. The quantitative estimate of drug-likeness (QED) is 0.770. The molecule has 19 heavy (non-hydrogen) atoms. The lowest BCUT2D eigenvalue weighted by atomic mass is 9.71. The van der Waals surface area contributed by atoms with Crippen molar-refractivity contribution in [2.24, 2.45) is 11.1 Å². The van der Waals surface area contributed by atoms with Crippen molar-refractivity contribution in [2.45, 2.75) is 63.8 Å². The molecule has 2 saturated carbocycles. The van der Waals surface area contributed by atoms with Crippen molar-refractivity contribution in [3.63, 3.8) is 0 Å². The molecule has 2 fully saturated rings. The van der Waals surface area contributed by atoms with E-state index in [1.165, 1.54) is 25.7 Å². The van der Waals surface area contributed by atoms with Crippen LogP contribution in [0.5, 0.6) is 0 Å². The Bertz CT molecular complexity index is 297. The van der Waals surface area contributed by atoms with E-state index in [-0.39, 0.29) is 17.9 Å². The van der Waals surface area contributed by atoms with Gasteiger partial charge in [0.25, 0.3) is 0 Å². The Kier molecular flexibility index (Phi) is 5.22. The van der Waals surface area contributed by atoms with E-state index < -0.39 is 0 Å². The predicted molar refractivity (Wildman–Crippen MR) is 75.6 cm³/mol. The lowest BCUT2D eigenvalue weighted by Gasteiger charge is -2.41. The number of hydrogen-bond acceptors (Lipinski definition) is 3. The number of carbonyl (C=O) groups is 1. The normalized spacial score (nSPS) is 22.8. The average molecular weight is 268 g/mol. The van der Waals surface area contributed by atoms with Crippen LogP contribution in [0.2, 0.25) is 0 Å². The smallest absolute Gasteiger partial charge is 0.223 e. The molecule has 0 aromatic heterocycles. The van der Waals surface area contributed by atoms with Crippen LogP contribution in [-0.4, -0.2) is 41.7 Å². The van der Waals surface area contributed by atoms with Crippen LogP contribution < -0.4 is 5.73 Å². The summed E-state index contributed by atoms with van der Waals surface area (Å²) in [7, 11) is 0. The number of nitrogens with zero attached hydrogens (tertiary/aromatic N) is 1. The first-order valence-electron chi connectivity index (χ1n) is 7.81. The fraction of sp³-hybridized carbons (Fsp3) is 0.933. The molecular formula is C15H28N2O2. The first-order chi connectivity index (χ1) is 9.21. The molecule has 0 heterocycles. The summed E-state index contributed by atoms with van der Waals surface area (Å²) >= 11 is 0. The van der Waals surface area contributed by atoms with Gasteiger partial charge in [-0.25, -0.2) is 0 Å². The Morgan fingerprint density at radius 1 is 1.21 bits per heavy atom. The van der Waals surface area contributed by atoms with Gasteiger partial charge in [0.15, 0.2) is 0 Å². The summed E-state index contributed by atoms with van der Waals surface area (Å²) in [6, 6.07) is 0.373. The molecule has 2 aliphatic carbocycles. The average Bonchev–Trinajstić information content (AvgIpc) is 2.37. The molecule has 1 amide bonds. The summed E-state index contributed by atoms with van der Waals surface area (Å²) in [5, 5.41) is 9.16. The Balaban J connectivity index is 1.96. The molecule has 0 saturated heterocycles. The maximum Gasteiger partial charge on any atom is 0.223 e. The van der Waals surface area contributed by atoms with E-state index in [4.69, 9.17) is 10.8 Å². The van der Waals surface area contributed by atoms with Crippen LogP contribution in [-0.2, 0) is 4.79 Å². The highest BCUT2D eigenvalue weighted by molar-refractivity contribution is 5.77. The number of amides is 1. The topological polar surface area (TPSA) is 66.6 Å². The standard InChI is InChI=1S/C15H28N2O2/c16-12-15(7-2-1-3-8-15)11-14(19)17(9-10-18)13-5-4-6-13/h13,18H,1-12,16H2. The zero-order valence-electron chi connectivity index (χ0n) is 11.9. The Morgan fingerprint density at radius 3 is 2.37 bits per heavy atom. The lowest BCUT2D eigenvalue weighted by Crippen LogP contribution is -2.48. The van der Waals surface area contributed by atoms with Gasteiger partial charge in [0.1, 0.15) is 0 Å². The van der Waals surface area contributed by atoms with Crippen molar-refractivity contribution < 1.29 is 9.90 Å². The van der Waals surface area contributed by atoms with E-state index in [9.17, 15) is 4.79 Å². The molecule has 3 N–H and O–H groups in total. The largest absolute Gasteiger partial charge is 0.395 e. The van der Waals surface area contributed by atoms with Gasteiger partial charge in [-0.15, -0.1) is 0 Å². The predicted octanol–water partition coefficient (Wildman–Crippen LogP) is 1.66. The van der Waals surface area contributed by atoms with Crippen molar-refractivity contribution in [2.75, 3.05) is 19.7 Å². The lowest BCUT2D eigenvalue weighted by molar-refractivity contribution is -0.139. The van der Waals surface area contributed by atoms with Crippen molar-refractivity contribution in [3.8, 4) is 0 Å². The number of carbonyl (C=O) groups excluding carboxylic acids is 1. The van der Waals surface area contributed by atoms with Crippen LogP contribution in [0.3, 0.4) is 0 Å². The molecule has 110 valence electrons. The number of hydrogen-bond donors (Lipinski definition) is 2. The van der Waals surface area contributed by atoms with E-state index in [0.717, 1.165) is 25.7 Å². The third kappa shape index (κ3) is 3.48. The van der Waals surface area contributed by atoms with Gasteiger partial charge < -0.3 is 15.7 Å². The molecule has 0 spiro atoms. The van der Waals surface area contributed by atoms with Gasteiger partial charge in [-0.2, -0.15) is 0 Å². The molecule has 0 radical (unpaired) electrons. The van der Waals surface area contributed by atoms with E-state index in [0.29, 0.717) is 25.6 Å². The summed E-state index contributed by atoms with van der Waals surface area (Å²) in [6.07, 6.45) is 9.85. The molecule has 0 aromatic carbocycles. The molecule has 0 aliphatic heterocycles. The van der Waals surface area contributed by atoms with Gasteiger partial charge in [0.2, 0.25) is 5.91 Å². The summed E-state index contributed by atoms with van der Waals surface area (Å²) in [5.74, 6) is 0.214. The molecular weight excluding hydrogens is 240 g/mol. The zero-order valence-corrected chi connectivity index (χ0v) is 11.9. The van der Waals surface area contributed by atoms with E-state index in [2.05, 4.69) is 0 Å². The van der Waals surface area contributed by atoms with E-state index >= 15 is 0 Å². The second-order valence-corrected chi connectivity index (χ2v) is 6.34. The molecule has 2 aliphatic rings. The summed E-state index contributed by atoms with van der Waals surface area (Å²) < 4.78 is 0. The SMILES string of the molecule is NCC1(CC(=O)N(CCO)C2CCC2)CCCCC1. The van der Waals surface area contributed by atoms with Gasteiger partial charge in [-0.05, 0) is 44.1 Å². The minimum atomic E-state index is 0.0345. The molecule has 0 unspecified atom stereocenters. The molecule has 0 atom stereocenters. The van der Waals surface area contributed by atoms with Crippen LogP contribution in [0.25, 0.3) is 0 Å². The highest BCUT2D eigenvalue weighted by Gasteiger charge is 2.36. The van der Waals surface area contributed by atoms with Gasteiger partial charge in [0.05, 0.1) is 6.61 Å². The van der Waals surface area contributed by atoms with Gasteiger partial charge >= 0.3 is 0 Å². The highest BCUT2D eigenvalue weighted by Crippen LogP contribution is 2.39. The Hall–Kier alpha value is -0.610. The van der Waals surface area contributed by atoms with Gasteiger partial charge in [0, 0.05) is 19.0 Å². The minimum absolute atomic E-state index is 0.0345. The zero-order chi connectivity index (χ0) is 13.7. The molecule has 2 rings (SSSR count). The Labute approximate surface area is 116 Å². The monoisotopic (exact) mass is 268 g/mol. The van der Waals surface area contributed by atoms with Gasteiger partial charge in [-0.1, -0.05) is 19.3 Å². The Morgan fingerprint density at radius 2 is 1.89 bits per heavy atom. The maximum absolute atomic E-state index is 12.6. The number of aliphatic hydroxyl groups is 1. The van der Waals surface area contributed by atoms with Crippen molar-refractivity contribution in [1.82, 2.24) is 4.90 Å². The van der Waals surface area contributed by atoms with Crippen molar-refractivity contribution >= 4 is 5.91 Å². The number of nitrogens with two attached hydrogens (primary N) is 1. The second-order valence-electron chi connectivity index (χ2n) is 6.34. The van der Waals surface area contributed by atoms with Crippen molar-refractivity contribution in [1.29, 1.82) is 0 Å². The van der Waals surface area contributed by atoms with E-state index in [1.54, 1.807) is 0 Å². The van der Waals surface area contributed by atoms with Crippen LogP contribution in [0, 0.1) is 5.41 Å². The van der Waals surface area contributed by atoms with Crippen LogP contribution in [0.1, 0.15) is 57.8 Å². The van der Waals surface area contributed by atoms with Crippen molar-refractivity contribution in [3.05, 3.63) is 0 Å². The van der Waals surface area contributed by atoms with Crippen LogP contribution in [0.4, 0.5) is 0 Å². The first kappa shape index (κ1) is 14.8. The molecule has 4 heteroatoms. The minimum Gasteiger partial charge on any atom is -0.395 e. The molecule has 4 nitrogen and oxygen atoms in total. The summed E-state index contributed by atoms with van der Waals surface area (Å²) in [4.78, 5) is 14.5.